The number of hydrogen-bond acceptors (Lipinski definition) is 5. The van der Waals surface area contributed by atoms with Gasteiger partial charge in [-0.3, -0.25) is 4.79 Å². The molecule has 10 heteroatoms. The van der Waals surface area contributed by atoms with Gasteiger partial charge < -0.3 is 20.1 Å². The van der Waals surface area contributed by atoms with E-state index in [-0.39, 0.29) is 30.1 Å². The molecular weight excluding hydrogens is 374 g/mol. The summed E-state index contributed by atoms with van der Waals surface area (Å²) >= 11 is 0. The number of piperidine rings is 1. The number of aliphatic carboxylic acids is 1. The number of nitrogens with zero attached hydrogens (tertiary/aromatic N) is 2. The van der Waals surface area contributed by atoms with Gasteiger partial charge in [-0.1, -0.05) is 0 Å². The van der Waals surface area contributed by atoms with Gasteiger partial charge in [0.2, 0.25) is 10.0 Å². The Labute approximate surface area is 157 Å². The van der Waals surface area contributed by atoms with Crippen LogP contribution in [0.1, 0.15) is 12.8 Å². The van der Waals surface area contributed by atoms with Gasteiger partial charge in [-0.2, -0.15) is 4.31 Å². The highest BCUT2D eigenvalue weighted by Crippen LogP contribution is 2.24. The Morgan fingerprint density at radius 1 is 1.15 bits per heavy atom. The van der Waals surface area contributed by atoms with E-state index in [9.17, 15) is 18.0 Å². The fraction of sp³-hybridized carbons (Fsp3) is 0.529. The Morgan fingerprint density at radius 2 is 1.74 bits per heavy atom. The van der Waals surface area contributed by atoms with Crippen molar-refractivity contribution in [3.05, 3.63) is 24.3 Å². The van der Waals surface area contributed by atoms with Crippen LogP contribution in [0.2, 0.25) is 0 Å². The first-order valence-corrected chi connectivity index (χ1v) is 10.2. The van der Waals surface area contributed by atoms with E-state index in [1.807, 2.05) is 0 Å². The first kappa shape index (κ1) is 19.4. The number of ether oxygens (including phenoxy) is 1. The molecule has 1 aromatic carbocycles. The van der Waals surface area contributed by atoms with E-state index < -0.39 is 21.9 Å². The average Bonchev–Trinajstić information content (AvgIpc) is 2.64. The zero-order chi connectivity index (χ0) is 19.6. The summed E-state index contributed by atoms with van der Waals surface area (Å²) in [5.41, 5.74) is 0. The van der Waals surface area contributed by atoms with Gasteiger partial charge in [0.1, 0.15) is 5.75 Å². The molecule has 1 aromatic rings. The molecule has 0 atom stereocenters. The SMILES string of the molecule is COc1ccc(S(=O)(=O)N2CC(NC(=O)N3CCC(C(=O)O)CC3)C2)cc1. The Morgan fingerprint density at radius 3 is 2.26 bits per heavy atom. The molecule has 0 aromatic heterocycles. The average molecular weight is 397 g/mol. The number of carboxylic acids is 1. The number of rotatable bonds is 5. The number of hydrogen-bond donors (Lipinski definition) is 2. The third kappa shape index (κ3) is 4.16. The lowest BCUT2D eigenvalue weighted by atomic mass is 9.97. The largest absolute Gasteiger partial charge is 0.497 e. The number of sulfonamides is 1. The molecule has 2 amide bonds. The van der Waals surface area contributed by atoms with E-state index in [1.54, 1.807) is 17.0 Å². The van der Waals surface area contributed by atoms with Crippen LogP contribution in [0, 0.1) is 5.92 Å². The maximum absolute atomic E-state index is 12.6. The minimum absolute atomic E-state index is 0.184. The van der Waals surface area contributed by atoms with Gasteiger partial charge in [-0.05, 0) is 37.1 Å². The monoisotopic (exact) mass is 397 g/mol. The summed E-state index contributed by atoms with van der Waals surface area (Å²) in [6, 6.07) is 5.65. The summed E-state index contributed by atoms with van der Waals surface area (Å²) in [6.07, 6.45) is 0.872. The molecule has 27 heavy (non-hydrogen) atoms. The van der Waals surface area contributed by atoms with Crippen molar-refractivity contribution in [3.63, 3.8) is 0 Å². The van der Waals surface area contributed by atoms with E-state index >= 15 is 0 Å². The Kier molecular flexibility index (Phi) is 5.56. The molecule has 2 aliphatic heterocycles. The first-order chi connectivity index (χ1) is 12.8. The molecule has 3 rings (SSSR count). The fourth-order valence-corrected chi connectivity index (χ4v) is 4.75. The lowest BCUT2D eigenvalue weighted by Crippen LogP contribution is -2.62. The van der Waals surface area contributed by atoms with Crippen molar-refractivity contribution in [1.29, 1.82) is 0 Å². The van der Waals surface area contributed by atoms with Gasteiger partial charge in [-0.25, -0.2) is 13.2 Å². The van der Waals surface area contributed by atoms with Crippen LogP contribution >= 0.6 is 0 Å². The number of carbonyl (C=O) groups excluding carboxylic acids is 1. The summed E-state index contributed by atoms with van der Waals surface area (Å²) in [5, 5.41) is 11.8. The lowest BCUT2D eigenvalue weighted by molar-refractivity contribution is -0.143. The van der Waals surface area contributed by atoms with E-state index in [2.05, 4.69) is 5.32 Å². The molecule has 0 bridgehead atoms. The summed E-state index contributed by atoms with van der Waals surface area (Å²) in [6.45, 7) is 1.21. The molecule has 0 aliphatic carbocycles. The molecule has 0 unspecified atom stereocenters. The highest BCUT2D eigenvalue weighted by molar-refractivity contribution is 7.89. The number of methoxy groups -OCH3 is 1. The van der Waals surface area contributed by atoms with E-state index in [1.165, 1.54) is 23.5 Å². The number of carboxylic acid groups (broad SMARTS) is 1. The number of likely N-dealkylation sites (tertiary alicyclic amines) is 1. The van der Waals surface area contributed by atoms with Crippen LogP contribution in [0.4, 0.5) is 4.79 Å². The number of amides is 2. The van der Waals surface area contributed by atoms with Crippen molar-refractivity contribution in [1.82, 2.24) is 14.5 Å². The van der Waals surface area contributed by atoms with Crippen molar-refractivity contribution in [2.45, 2.75) is 23.8 Å². The molecular formula is C17H23N3O6S. The van der Waals surface area contributed by atoms with E-state index in [4.69, 9.17) is 9.84 Å². The van der Waals surface area contributed by atoms with Gasteiger partial charge >= 0.3 is 12.0 Å². The highest BCUT2D eigenvalue weighted by Gasteiger charge is 2.38. The predicted octanol–water partition coefficient (Wildman–Crippen LogP) is 0.574. The van der Waals surface area contributed by atoms with Crippen LogP contribution in [0.15, 0.2) is 29.2 Å². The van der Waals surface area contributed by atoms with Crippen LogP contribution in [0.25, 0.3) is 0 Å². The Bertz CT molecular complexity index is 796. The minimum Gasteiger partial charge on any atom is -0.497 e. The Balaban J connectivity index is 1.49. The molecule has 0 saturated carbocycles. The smallest absolute Gasteiger partial charge is 0.317 e. The van der Waals surface area contributed by atoms with Crippen molar-refractivity contribution in [2.75, 3.05) is 33.3 Å². The maximum atomic E-state index is 12.6. The van der Waals surface area contributed by atoms with Gasteiger partial charge in [0.15, 0.2) is 0 Å². The standard InChI is InChI=1S/C17H23N3O6S/c1-26-14-2-4-15(5-3-14)27(24,25)20-10-13(11-20)18-17(23)19-8-6-12(7-9-19)16(21)22/h2-5,12-13H,6-11H2,1H3,(H,18,23)(H,21,22). The molecule has 2 aliphatic rings. The van der Waals surface area contributed by atoms with Crippen LogP contribution in [0.3, 0.4) is 0 Å². The second-order valence-corrected chi connectivity index (χ2v) is 8.68. The maximum Gasteiger partial charge on any atom is 0.317 e. The third-order valence-electron chi connectivity index (χ3n) is 5.00. The van der Waals surface area contributed by atoms with Gasteiger partial charge in [0.25, 0.3) is 0 Å². The number of benzene rings is 1. The first-order valence-electron chi connectivity index (χ1n) is 8.73. The van der Waals surface area contributed by atoms with Crippen molar-refractivity contribution < 1.29 is 27.9 Å². The minimum atomic E-state index is -3.59. The molecule has 148 valence electrons. The third-order valence-corrected chi connectivity index (χ3v) is 6.85. The Hall–Kier alpha value is -2.33. The van der Waals surface area contributed by atoms with Gasteiger partial charge in [-0.15, -0.1) is 0 Å². The summed E-state index contributed by atoms with van der Waals surface area (Å²) in [5.74, 6) is -0.648. The van der Waals surface area contributed by atoms with E-state index in [0.717, 1.165) is 0 Å². The zero-order valence-corrected chi connectivity index (χ0v) is 15.8. The van der Waals surface area contributed by atoms with Crippen LogP contribution in [-0.4, -0.2) is 74.1 Å². The van der Waals surface area contributed by atoms with Crippen LogP contribution < -0.4 is 10.1 Å². The van der Waals surface area contributed by atoms with Gasteiger partial charge in [0, 0.05) is 26.2 Å². The highest BCUT2D eigenvalue weighted by atomic mass is 32.2. The predicted molar refractivity (Wildman–Crippen MR) is 96.0 cm³/mol. The van der Waals surface area contributed by atoms with E-state index in [0.29, 0.717) is 31.7 Å². The number of nitrogens with one attached hydrogen (secondary N) is 1. The second kappa shape index (κ2) is 7.73. The normalized spacial score (nSPS) is 19.4. The molecule has 2 saturated heterocycles. The zero-order valence-electron chi connectivity index (χ0n) is 15.0. The van der Waals surface area contributed by atoms with Crippen molar-refractivity contribution in [2.24, 2.45) is 5.92 Å². The fourth-order valence-electron chi connectivity index (χ4n) is 3.22. The molecule has 9 nitrogen and oxygen atoms in total. The number of carbonyl (C=O) groups is 2. The lowest BCUT2D eigenvalue weighted by Gasteiger charge is -2.40. The molecule has 2 heterocycles. The molecule has 0 spiro atoms. The second-order valence-electron chi connectivity index (χ2n) is 6.74. The summed E-state index contributed by atoms with van der Waals surface area (Å²) in [4.78, 5) is 25.0. The van der Waals surface area contributed by atoms with Crippen LogP contribution in [0.5, 0.6) is 5.75 Å². The van der Waals surface area contributed by atoms with Crippen LogP contribution in [-0.2, 0) is 14.8 Å². The van der Waals surface area contributed by atoms with Crippen molar-refractivity contribution >= 4 is 22.0 Å². The summed E-state index contributed by atoms with van der Waals surface area (Å²) in [7, 11) is -2.08. The quantitative estimate of drug-likeness (QED) is 0.751. The van der Waals surface area contributed by atoms with Gasteiger partial charge in [0.05, 0.1) is 24.0 Å². The summed E-state index contributed by atoms with van der Waals surface area (Å²) < 4.78 is 31.5. The molecule has 2 fully saturated rings. The molecule has 2 N–H and O–H groups in total. The topological polar surface area (TPSA) is 116 Å². The van der Waals surface area contributed by atoms with Crippen molar-refractivity contribution in [3.8, 4) is 5.75 Å². The number of urea groups is 1. The molecule has 0 radical (unpaired) electrons.